The maximum absolute atomic E-state index is 13.2. The van der Waals surface area contributed by atoms with Crippen molar-refractivity contribution in [2.45, 2.75) is 18.9 Å². The minimum Gasteiger partial charge on any atom is -0.469 e. The van der Waals surface area contributed by atoms with Crippen molar-refractivity contribution in [3.05, 3.63) is 83.6 Å². The van der Waals surface area contributed by atoms with Crippen LogP contribution in [0.4, 0.5) is 4.39 Å². The third-order valence-electron chi connectivity index (χ3n) is 4.64. The van der Waals surface area contributed by atoms with Crippen LogP contribution in [0.1, 0.15) is 29.2 Å². The zero-order valence-corrected chi connectivity index (χ0v) is 14.4. The molecular formula is C21H21FNO3+. The SMILES string of the molecule is Fc1ccc([C@@H](CC[NH2+]Cc2ccc3c(c2)OCO3)c2ccco2)cc1. The first-order valence-corrected chi connectivity index (χ1v) is 8.78. The maximum Gasteiger partial charge on any atom is 0.231 e. The van der Waals surface area contributed by atoms with Crippen LogP contribution in [-0.2, 0) is 6.54 Å². The Kier molecular flexibility index (Phi) is 4.88. The molecule has 3 aromatic rings. The first-order chi connectivity index (χ1) is 12.8. The zero-order valence-electron chi connectivity index (χ0n) is 14.4. The summed E-state index contributed by atoms with van der Waals surface area (Å²) < 4.78 is 29.6. The van der Waals surface area contributed by atoms with Gasteiger partial charge in [-0.05, 0) is 48.0 Å². The number of ether oxygens (including phenoxy) is 2. The van der Waals surface area contributed by atoms with Gasteiger partial charge in [0.2, 0.25) is 6.79 Å². The highest BCUT2D eigenvalue weighted by atomic mass is 19.1. The lowest BCUT2D eigenvalue weighted by Crippen LogP contribution is -2.82. The number of fused-ring (bicyclic) bond motifs is 1. The topological polar surface area (TPSA) is 48.2 Å². The van der Waals surface area contributed by atoms with E-state index in [0.717, 1.165) is 42.3 Å². The van der Waals surface area contributed by atoms with Crippen LogP contribution < -0.4 is 14.8 Å². The van der Waals surface area contributed by atoms with E-state index in [-0.39, 0.29) is 11.7 Å². The minimum absolute atomic E-state index is 0.124. The van der Waals surface area contributed by atoms with E-state index in [2.05, 4.69) is 11.4 Å². The van der Waals surface area contributed by atoms with E-state index in [0.29, 0.717) is 6.79 Å². The average Bonchev–Trinajstić information content (AvgIpc) is 3.34. The summed E-state index contributed by atoms with van der Waals surface area (Å²) in [5.41, 5.74) is 2.27. The molecule has 2 N–H and O–H groups in total. The van der Waals surface area contributed by atoms with Crippen LogP contribution >= 0.6 is 0 Å². The summed E-state index contributed by atoms with van der Waals surface area (Å²) in [6.45, 7) is 2.09. The Morgan fingerprint density at radius 3 is 2.65 bits per heavy atom. The Labute approximate surface area is 151 Å². The van der Waals surface area contributed by atoms with E-state index in [1.54, 1.807) is 6.26 Å². The second kappa shape index (κ2) is 7.62. The number of furan rings is 1. The Morgan fingerprint density at radius 2 is 1.85 bits per heavy atom. The number of hydrogen-bond donors (Lipinski definition) is 1. The molecule has 0 saturated carbocycles. The van der Waals surface area contributed by atoms with Gasteiger partial charge in [-0.25, -0.2) is 4.39 Å². The first kappa shape index (κ1) is 16.7. The third kappa shape index (κ3) is 3.73. The van der Waals surface area contributed by atoms with Gasteiger partial charge in [-0.15, -0.1) is 0 Å². The van der Waals surface area contributed by atoms with Crippen molar-refractivity contribution in [2.24, 2.45) is 0 Å². The quantitative estimate of drug-likeness (QED) is 0.661. The summed E-state index contributed by atoms with van der Waals surface area (Å²) in [5, 5.41) is 2.26. The van der Waals surface area contributed by atoms with Gasteiger partial charge in [-0.1, -0.05) is 12.1 Å². The van der Waals surface area contributed by atoms with Gasteiger partial charge in [0.25, 0.3) is 0 Å². The van der Waals surface area contributed by atoms with Gasteiger partial charge in [0.1, 0.15) is 18.1 Å². The number of halogens is 1. The highest BCUT2D eigenvalue weighted by molar-refractivity contribution is 5.44. The zero-order chi connectivity index (χ0) is 17.8. The molecule has 4 rings (SSSR count). The molecule has 1 aliphatic heterocycles. The number of benzene rings is 2. The maximum atomic E-state index is 13.2. The predicted octanol–water partition coefficient (Wildman–Crippen LogP) is 3.43. The summed E-state index contributed by atoms with van der Waals surface area (Å²) in [7, 11) is 0. The summed E-state index contributed by atoms with van der Waals surface area (Å²) in [5.74, 6) is 2.44. The van der Waals surface area contributed by atoms with Crippen molar-refractivity contribution < 1.29 is 23.6 Å². The molecule has 0 bridgehead atoms. The van der Waals surface area contributed by atoms with Gasteiger partial charge in [-0.2, -0.15) is 0 Å². The van der Waals surface area contributed by atoms with Crippen molar-refractivity contribution in [3.8, 4) is 11.5 Å². The van der Waals surface area contributed by atoms with Crippen molar-refractivity contribution in [2.75, 3.05) is 13.3 Å². The molecule has 1 aliphatic rings. The Balaban J connectivity index is 1.37. The van der Waals surface area contributed by atoms with E-state index in [1.807, 2.05) is 36.4 Å². The van der Waals surface area contributed by atoms with Gasteiger partial charge in [0.05, 0.1) is 12.8 Å². The molecule has 0 saturated heterocycles. The molecule has 0 spiro atoms. The fraction of sp³-hybridized carbons (Fsp3) is 0.238. The lowest BCUT2D eigenvalue weighted by molar-refractivity contribution is -0.671. The Hall–Kier alpha value is -2.79. The second-order valence-corrected chi connectivity index (χ2v) is 6.38. The lowest BCUT2D eigenvalue weighted by Gasteiger charge is -2.14. The van der Waals surface area contributed by atoms with Crippen LogP contribution in [-0.4, -0.2) is 13.3 Å². The lowest BCUT2D eigenvalue weighted by atomic mass is 9.93. The first-order valence-electron chi connectivity index (χ1n) is 8.78. The average molecular weight is 354 g/mol. The van der Waals surface area contributed by atoms with Gasteiger partial charge in [-0.3, -0.25) is 0 Å². The van der Waals surface area contributed by atoms with Gasteiger partial charge in [0.15, 0.2) is 11.5 Å². The molecule has 134 valence electrons. The van der Waals surface area contributed by atoms with Crippen LogP contribution in [0.25, 0.3) is 0 Å². The number of hydrogen-bond acceptors (Lipinski definition) is 3. The van der Waals surface area contributed by atoms with E-state index in [9.17, 15) is 4.39 Å². The summed E-state index contributed by atoms with van der Waals surface area (Å²) >= 11 is 0. The van der Waals surface area contributed by atoms with Crippen molar-refractivity contribution in [1.82, 2.24) is 0 Å². The van der Waals surface area contributed by atoms with Crippen LogP contribution in [0.15, 0.2) is 65.3 Å². The van der Waals surface area contributed by atoms with Crippen LogP contribution in [0.5, 0.6) is 11.5 Å². The molecule has 1 atom stereocenters. The normalized spacial score (nSPS) is 13.7. The van der Waals surface area contributed by atoms with Gasteiger partial charge >= 0.3 is 0 Å². The monoisotopic (exact) mass is 354 g/mol. The van der Waals surface area contributed by atoms with Crippen LogP contribution in [0.2, 0.25) is 0 Å². The van der Waals surface area contributed by atoms with Crippen molar-refractivity contribution in [1.29, 1.82) is 0 Å². The largest absolute Gasteiger partial charge is 0.469 e. The fourth-order valence-electron chi connectivity index (χ4n) is 3.28. The highest BCUT2D eigenvalue weighted by Gasteiger charge is 2.18. The van der Waals surface area contributed by atoms with E-state index >= 15 is 0 Å². The molecule has 2 aromatic carbocycles. The van der Waals surface area contributed by atoms with Gasteiger partial charge < -0.3 is 19.2 Å². The van der Waals surface area contributed by atoms with Crippen LogP contribution in [0.3, 0.4) is 0 Å². The summed E-state index contributed by atoms with van der Waals surface area (Å²) in [6.07, 6.45) is 2.59. The summed E-state index contributed by atoms with van der Waals surface area (Å²) in [6, 6.07) is 16.6. The number of nitrogens with two attached hydrogens (primary N) is 1. The van der Waals surface area contributed by atoms with Crippen molar-refractivity contribution >= 4 is 0 Å². The smallest absolute Gasteiger partial charge is 0.231 e. The molecule has 0 fully saturated rings. The molecule has 0 aliphatic carbocycles. The number of rotatable bonds is 7. The number of quaternary nitrogens is 1. The van der Waals surface area contributed by atoms with E-state index < -0.39 is 0 Å². The molecule has 0 unspecified atom stereocenters. The fourth-order valence-corrected chi connectivity index (χ4v) is 3.28. The molecule has 2 heterocycles. The predicted molar refractivity (Wildman–Crippen MR) is 94.6 cm³/mol. The highest BCUT2D eigenvalue weighted by Crippen LogP contribution is 2.32. The van der Waals surface area contributed by atoms with E-state index in [4.69, 9.17) is 13.9 Å². The van der Waals surface area contributed by atoms with Crippen molar-refractivity contribution in [3.63, 3.8) is 0 Å². The molecule has 1 aromatic heterocycles. The minimum atomic E-state index is -0.221. The van der Waals surface area contributed by atoms with E-state index in [1.165, 1.54) is 17.7 Å². The Bertz CT molecular complexity index is 846. The molecule has 0 amide bonds. The third-order valence-corrected chi connectivity index (χ3v) is 4.64. The standard InChI is InChI=1S/C21H20FNO3/c22-17-6-4-16(5-7-17)18(19-2-1-11-24-19)9-10-23-13-15-3-8-20-21(12-15)26-14-25-20/h1-8,11-12,18,23H,9-10,13-14H2/p+1/t18-/m1/s1. The van der Waals surface area contributed by atoms with Gasteiger partial charge in [0, 0.05) is 17.9 Å². The molecule has 0 radical (unpaired) electrons. The molecular weight excluding hydrogens is 333 g/mol. The summed E-state index contributed by atoms with van der Waals surface area (Å²) in [4.78, 5) is 0. The Morgan fingerprint density at radius 1 is 1.00 bits per heavy atom. The molecule has 26 heavy (non-hydrogen) atoms. The second-order valence-electron chi connectivity index (χ2n) is 6.38. The molecule has 4 nitrogen and oxygen atoms in total. The van der Waals surface area contributed by atoms with Crippen LogP contribution in [0, 0.1) is 5.82 Å². The molecule has 5 heteroatoms.